The average molecular weight is 234 g/mol. The lowest BCUT2D eigenvalue weighted by Crippen LogP contribution is -2.33. The van der Waals surface area contributed by atoms with Crippen molar-refractivity contribution in [2.45, 2.75) is 35.3 Å². The zero-order chi connectivity index (χ0) is 11.6. The summed E-state index contributed by atoms with van der Waals surface area (Å²) in [4.78, 5) is 0.342. The van der Waals surface area contributed by atoms with E-state index in [-0.39, 0.29) is 0 Å². The molecule has 0 aliphatic heterocycles. The SMILES string of the molecule is C#CC1(S(=O)(=O)c2ccccc2)CCCC1. The molecule has 16 heavy (non-hydrogen) atoms. The van der Waals surface area contributed by atoms with Crippen LogP contribution in [0.5, 0.6) is 0 Å². The second kappa shape index (κ2) is 3.95. The van der Waals surface area contributed by atoms with Gasteiger partial charge in [-0.05, 0) is 25.0 Å². The van der Waals surface area contributed by atoms with Gasteiger partial charge in [0, 0.05) is 0 Å². The van der Waals surface area contributed by atoms with E-state index >= 15 is 0 Å². The molecule has 0 amide bonds. The molecule has 0 radical (unpaired) electrons. The summed E-state index contributed by atoms with van der Waals surface area (Å²) in [5, 5.41) is 0. The molecule has 0 bridgehead atoms. The van der Waals surface area contributed by atoms with E-state index < -0.39 is 14.6 Å². The molecule has 0 saturated heterocycles. The van der Waals surface area contributed by atoms with Crippen LogP contribution in [0.4, 0.5) is 0 Å². The third-order valence-corrected chi connectivity index (χ3v) is 5.69. The Morgan fingerprint density at radius 3 is 2.19 bits per heavy atom. The summed E-state index contributed by atoms with van der Waals surface area (Å²) in [5.74, 6) is 2.53. The molecule has 0 N–H and O–H groups in total. The largest absolute Gasteiger partial charge is 0.222 e. The summed E-state index contributed by atoms with van der Waals surface area (Å²) < 4.78 is 23.9. The minimum absolute atomic E-state index is 0.342. The quantitative estimate of drug-likeness (QED) is 0.736. The minimum atomic E-state index is -3.39. The Balaban J connectivity index is 2.52. The zero-order valence-corrected chi connectivity index (χ0v) is 9.83. The molecule has 84 valence electrons. The number of benzene rings is 1. The van der Waals surface area contributed by atoms with E-state index in [0.717, 1.165) is 12.8 Å². The Bertz CT molecular complexity index is 503. The number of hydrogen-bond acceptors (Lipinski definition) is 2. The van der Waals surface area contributed by atoms with Gasteiger partial charge in [-0.25, -0.2) is 8.42 Å². The molecule has 0 aromatic heterocycles. The van der Waals surface area contributed by atoms with Crippen molar-refractivity contribution in [2.24, 2.45) is 0 Å². The van der Waals surface area contributed by atoms with Gasteiger partial charge < -0.3 is 0 Å². The third kappa shape index (κ3) is 1.54. The molecule has 1 aromatic carbocycles. The molecule has 0 unspecified atom stereocenters. The van der Waals surface area contributed by atoms with Gasteiger partial charge in [0.15, 0.2) is 9.84 Å². The predicted octanol–water partition coefficient (Wildman–Crippen LogP) is 2.41. The van der Waals surface area contributed by atoms with Gasteiger partial charge in [-0.1, -0.05) is 37.0 Å². The molecule has 1 aromatic rings. The van der Waals surface area contributed by atoms with Crippen LogP contribution in [0.1, 0.15) is 25.7 Å². The normalized spacial score (nSPS) is 19.2. The molecule has 2 nitrogen and oxygen atoms in total. The Morgan fingerprint density at radius 2 is 1.69 bits per heavy atom. The van der Waals surface area contributed by atoms with Crippen molar-refractivity contribution in [1.82, 2.24) is 0 Å². The standard InChI is InChI=1S/C13H14O2S/c1-2-13(10-6-7-11-13)16(14,15)12-8-4-3-5-9-12/h1,3-5,8-9H,6-7,10-11H2. The smallest absolute Gasteiger partial charge is 0.195 e. The van der Waals surface area contributed by atoms with Crippen LogP contribution in [-0.4, -0.2) is 13.2 Å². The van der Waals surface area contributed by atoms with Crippen molar-refractivity contribution in [2.75, 3.05) is 0 Å². The van der Waals surface area contributed by atoms with Crippen LogP contribution in [0.2, 0.25) is 0 Å². The lowest BCUT2D eigenvalue weighted by Gasteiger charge is -2.22. The molecule has 0 spiro atoms. The molecular formula is C13H14O2S. The molecule has 0 atom stereocenters. The summed E-state index contributed by atoms with van der Waals surface area (Å²) in [6.45, 7) is 0. The number of hydrogen-bond donors (Lipinski definition) is 0. The second-order valence-corrected chi connectivity index (χ2v) is 6.42. The molecule has 1 saturated carbocycles. The van der Waals surface area contributed by atoms with Crippen LogP contribution in [0, 0.1) is 12.3 Å². The Kier molecular flexibility index (Phi) is 2.77. The van der Waals surface area contributed by atoms with Crippen LogP contribution in [0.25, 0.3) is 0 Å². The zero-order valence-electron chi connectivity index (χ0n) is 9.02. The molecule has 1 fully saturated rings. The highest BCUT2D eigenvalue weighted by molar-refractivity contribution is 7.93. The first-order valence-electron chi connectivity index (χ1n) is 5.40. The van der Waals surface area contributed by atoms with Gasteiger partial charge in [0.1, 0.15) is 4.75 Å². The molecule has 1 aliphatic rings. The van der Waals surface area contributed by atoms with E-state index in [1.165, 1.54) is 0 Å². The first-order valence-corrected chi connectivity index (χ1v) is 6.88. The average Bonchev–Trinajstić information content (AvgIpc) is 2.80. The summed E-state index contributed by atoms with van der Waals surface area (Å²) in [6, 6.07) is 8.49. The topological polar surface area (TPSA) is 34.1 Å². The first-order chi connectivity index (χ1) is 7.62. The van der Waals surface area contributed by atoms with Crippen LogP contribution < -0.4 is 0 Å². The first kappa shape index (κ1) is 11.2. The predicted molar refractivity (Wildman–Crippen MR) is 63.7 cm³/mol. The fourth-order valence-corrected chi connectivity index (χ4v) is 4.21. The highest BCUT2D eigenvalue weighted by Crippen LogP contribution is 2.39. The van der Waals surface area contributed by atoms with E-state index in [4.69, 9.17) is 6.42 Å². The second-order valence-electron chi connectivity index (χ2n) is 4.16. The summed E-state index contributed by atoms with van der Waals surface area (Å²) in [7, 11) is -3.39. The maximum Gasteiger partial charge on any atom is 0.195 e. The Labute approximate surface area is 96.6 Å². The fraction of sp³-hybridized carbons (Fsp3) is 0.385. The van der Waals surface area contributed by atoms with Crippen molar-refractivity contribution in [3.8, 4) is 12.3 Å². The molecule has 3 heteroatoms. The van der Waals surface area contributed by atoms with Crippen molar-refractivity contribution in [1.29, 1.82) is 0 Å². The summed E-state index contributed by atoms with van der Waals surface area (Å²) in [6.07, 6.45) is 8.43. The van der Waals surface area contributed by atoms with Gasteiger partial charge in [-0.2, -0.15) is 0 Å². The van der Waals surface area contributed by atoms with Gasteiger partial charge >= 0.3 is 0 Å². The molecular weight excluding hydrogens is 220 g/mol. The molecule has 2 rings (SSSR count). The van der Waals surface area contributed by atoms with Crippen molar-refractivity contribution in [3.05, 3.63) is 30.3 Å². The molecule has 1 aliphatic carbocycles. The molecule has 0 heterocycles. The van der Waals surface area contributed by atoms with Crippen molar-refractivity contribution < 1.29 is 8.42 Å². The fourth-order valence-electron chi connectivity index (χ4n) is 2.26. The summed E-state index contributed by atoms with van der Waals surface area (Å²) in [5.41, 5.74) is 0. The van der Waals surface area contributed by atoms with E-state index in [1.54, 1.807) is 30.3 Å². The lowest BCUT2D eigenvalue weighted by atomic mass is 10.1. The van der Waals surface area contributed by atoms with Gasteiger partial charge in [-0.15, -0.1) is 6.42 Å². The van der Waals surface area contributed by atoms with Crippen molar-refractivity contribution in [3.63, 3.8) is 0 Å². The number of rotatable bonds is 2. The van der Waals surface area contributed by atoms with Crippen LogP contribution in [0.3, 0.4) is 0 Å². The van der Waals surface area contributed by atoms with Crippen LogP contribution >= 0.6 is 0 Å². The van der Waals surface area contributed by atoms with Crippen molar-refractivity contribution >= 4 is 9.84 Å². The number of sulfone groups is 1. The maximum absolute atomic E-state index is 12.4. The van der Waals surface area contributed by atoms with E-state index in [9.17, 15) is 8.42 Å². The Morgan fingerprint density at radius 1 is 1.12 bits per heavy atom. The van der Waals surface area contributed by atoms with E-state index in [0.29, 0.717) is 17.7 Å². The lowest BCUT2D eigenvalue weighted by molar-refractivity contribution is 0.559. The van der Waals surface area contributed by atoms with E-state index in [1.807, 2.05) is 0 Å². The monoisotopic (exact) mass is 234 g/mol. The highest BCUT2D eigenvalue weighted by Gasteiger charge is 2.45. The third-order valence-electron chi connectivity index (χ3n) is 3.24. The maximum atomic E-state index is 12.4. The highest BCUT2D eigenvalue weighted by atomic mass is 32.2. The van der Waals surface area contributed by atoms with E-state index in [2.05, 4.69) is 5.92 Å². The van der Waals surface area contributed by atoms with Crippen LogP contribution in [0.15, 0.2) is 35.2 Å². The Hall–Kier alpha value is -1.27. The minimum Gasteiger partial charge on any atom is -0.222 e. The van der Waals surface area contributed by atoms with Gasteiger partial charge in [-0.3, -0.25) is 0 Å². The van der Waals surface area contributed by atoms with Gasteiger partial charge in [0.25, 0.3) is 0 Å². The van der Waals surface area contributed by atoms with Crippen LogP contribution in [-0.2, 0) is 9.84 Å². The van der Waals surface area contributed by atoms with Gasteiger partial charge in [0.05, 0.1) is 4.90 Å². The number of terminal acetylenes is 1. The summed E-state index contributed by atoms with van der Waals surface area (Å²) >= 11 is 0. The van der Waals surface area contributed by atoms with Gasteiger partial charge in [0.2, 0.25) is 0 Å².